The van der Waals surface area contributed by atoms with Gasteiger partial charge >= 0.3 is 12.2 Å². The zero-order valence-electron chi connectivity index (χ0n) is 12.6. The molecule has 0 aromatic heterocycles. The van der Waals surface area contributed by atoms with Gasteiger partial charge in [-0.1, -0.05) is 6.42 Å². The molecule has 1 aliphatic rings. The minimum Gasteiger partial charge on any atom is -0.550 e. The second-order valence-electron chi connectivity index (χ2n) is 4.89. The summed E-state index contributed by atoms with van der Waals surface area (Å²) < 4.78 is 9.18. The number of amides is 2. The van der Waals surface area contributed by atoms with Gasteiger partial charge < -0.3 is 30.0 Å². The van der Waals surface area contributed by atoms with Crippen molar-refractivity contribution in [2.45, 2.75) is 43.0 Å². The smallest absolute Gasteiger partial charge is 0.407 e. The molecule has 0 aromatic rings. The molecule has 0 bridgehead atoms. The predicted molar refractivity (Wildman–Crippen MR) is 78.4 cm³/mol. The largest absolute Gasteiger partial charge is 0.550 e. The third kappa shape index (κ3) is 6.00. The zero-order chi connectivity index (χ0) is 16.5. The van der Waals surface area contributed by atoms with E-state index in [1.165, 1.54) is 14.2 Å². The lowest BCUT2D eigenvalue weighted by Gasteiger charge is -2.25. The second kappa shape index (κ2) is 9.39. The van der Waals surface area contributed by atoms with Crippen molar-refractivity contribution in [1.29, 1.82) is 0 Å². The van der Waals surface area contributed by atoms with Crippen LogP contribution in [0.25, 0.3) is 0 Å². The SMILES string of the molecule is COC(=O)N[C@H]1[C@H](CCCCC(=O)[O-])SC[C@H]1NC(=O)OC. The number of methoxy groups -OCH3 is 2. The first-order chi connectivity index (χ1) is 10.5. The van der Waals surface area contributed by atoms with Crippen LogP contribution in [0.1, 0.15) is 25.7 Å². The van der Waals surface area contributed by atoms with E-state index < -0.39 is 18.2 Å². The molecular weight excluding hydrogens is 312 g/mol. The third-order valence-electron chi connectivity index (χ3n) is 3.40. The zero-order valence-corrected chi connectivity index (χ0v) is 13.4. The molecule has 22 heavy (non-hydrogen) atoms. The van der Waals surface area contributed by atoms with Crippen molar-refractivity contribution >= 4 is 29.9 Å². The molecule has 126 valence electrons. The predicted octanol–water partition coefficient (Wildman–Crippen LogP) is -0.139. The Balaban J connectivity index is 2.55. The van der Waals surface area contributed by atoms with Gasteiger partial charge in [0.25, 0.3) is 0 Å². The van der Waals surface area contributed by atoms with Gasteiger partial charge in [-0.25, -0.2) is 9.59 Å². The summed E-state index contributed by atoms with van der Waals surface area (Å²) in [5.41, 5.74) is 0. The molecule has 0 saturated carbocycles. The number of hydrogen-bond donors (Lipinski definition) is 2. The Morgan fingerprint density at radius 1 is 1.14 bits per heavy atom. The number of carboxylic acid groups (broad SMARTS) is 1. The Labute approximate surface area is 133 Å². The van der Waals surface area contributed by atoms with Crippen LogP contribution in [0.2, 0.25) is 0 Å². The van der Waals surface area contributed by atoms with Crippen molar-refractivity contribution in [2.75, 3.05) is 20.0 Å². The first-order valence-corrected chi connectivity index (χ1v) is 8.03. The molecule has 0 unspecified atom stereocenters. The van der Waals surface area contributed by atoms with Crippen molar-refractivity contribution < 1.29 is 29.0 Å². The molecule has 0 aromatic carbocycles. The molecule has 1 saturated heterocycles. The van der Waals surface area contributed by atoms with Crippen molar-refractivity contribution in [3.63, 3.8) is 0 Å². The summed E-state index contributed by atoms with van der Waals surface area (Å²) in [6.45, 7) is 0. The topological polar surface area (TPSA) is 117 Å². The fourth-order valence-electron chi connectivity index (χ4n) is 2.30. The normalized spacial score (nSPS) is 23.6. The van der Waals surface area contributed by atoms with Crippen LogP contribution in [-0.4, -0.2) is 55.5 Å². The van der Waals surface area contributed by atoms with Gasteiger partial charge in [0, 0.05) is 17.0 Å². The summed E-state index contributed by atoms with van der Waals surface area (Å²) in [7, 11) is 2.55. The third-order valence-corrected chi connectivity index (χ3v) is 4.91. The van der Waals surface area contributed by atoms with E-state index in [1.807, 2.05) is 0 Å². The van der Waals surface area contributed by atoms with Crippen molar-refractivity contribution in [2.24, 2.45) is 0 Å². The molecule has 1 aliphatic heterocycles. The van der Waals surface area contributed by atoms with Gasteiger partial charge in [-0.2, -0.15) is 11.8 Å². The molecular formula is C13H21N2O6S-. The van der Waals surface area contributed by atoms with E-state index in [1.54, 1.807) is 11.8 Å². The maximum Gasteiger partial charge on any atom is 0.407 e. The Bertz CT molecular complexity index is 406. The highest BCUT2D eigenvalue weighted by molar-refractivity contribution is 8.00. The number of hydrogen-bond acceptors (Lipinski definition) is 7. The molecule has 1 rings (SSSR count). The quantitative estimate of drug-likeness (QED) is 0.623. The van der Waals surface area contributed by atoms with Crippen LogP contribution >= 0.6 is 11.8 Å². The van der Waals surface area contributed by atoms with Crippen molar-refractivity contribution in [3.05, 3.63) is 0 Å². The van der Waals surface area contributed by atoms with Crippen molar-refractivity contribution in [1.82, 2.24) is 10.6 Å². The maximum atomic E-state index is 11.5. The number of carboxylic acids is 1. The lowest BCUT2D eigenvalue weighted by atomic mass is 10.0. The second-order valence-corrected chi connectivity index (χ2v) is 6.17. The van der Waals surface area contributed by atoms with E-state index in [4.69, 9.17) is 0 Å². The molecule has 3 atom stereocenters. The fourth-order valence-corrected chi connectivity index (χ4v) is 3.85. The number of rotatable bonds is 7. The molecule has 1 fully saturated rings. The van der Waals surface area contributed by atoms with Gasteiger partial charge in [0.05, 0.1) is 26.3 Å². The lowest BCUT2D eigenvalue weighted by molar-refractivity contribution is -0.305. The number of carbonyl (C=O) groups is 3. The number of carbonyl (C=O) groups excluding carboxylic acids is 3. The van der Waals surface area contributed by atoms with E-state index in [-0.39, 0.29) is 23.8 Å². The summed E-state index contributed by atoms with van der Waals surface area (Å²) in [4.78, 5) is 33.2. The summed E-state index contributed by atoms with van der Waals surface area (Å²) in [6, 6.07) is -0.554. The van der Waals surface area contributed by atoms with Crippen LogP contribution in [0.4, 0.5) is 9.59 Å². The monoisotopic (exact) mass is 333 g/mol. The Hall–Kier alpha value is -1.64. The van der Waals surface area contributed by atoms with Gasteiger partial charge in [0.1, 0.15) is 0 Å². The van der Waals surface area contributed by atoms with Gasteiger partial charge in [-0.15, -0.1) is 0 Å². The number of thioether (sulfide) groups is 1. The summed E-state index contributed by atoms with van der Waals surface area (Å²) in [5, 5.41) is 15.9. The minimum atomic E-state index is -1.06. The van der Waals surface area contributed by atoms with Crippen LogP contribution in [-0.2, 0) is 14.3 Å². The highest BCUT2D eigenvalue weighted by atomic mass is 32.2. The first kappa shape index (κ1) is 18.4. The van der Waals surface area contributed by atoms with Gasteiger partial charge in [-0.3, -0.25) is 0 Å². The number of aliphatic carboxylic acids is 1. The number of unbranched alkanes of at least 4 members (excludes halogenated alkanes) is 1. The first-order valence-electron chi connectivity index (χ1n) is 6.98. The molecule has 0 aliphatic carbocycles. The molecule has 2 N–H and O–H groups in total. The van der Waals surface area contributed by atoms with Crippen LogP contribution in [0.3, 0.4) is 0 Å². The number of nitrogens with one attached hydrogen (secondary N) is 2. The highest BCUT2D eigenvalue weighted by Gasteiger charge is 2.38. The fraction of sp³-hybridized carbons (Fsp3) is 0.769. The van der Waals surface area contributed by atoms with Crippen molar-refractivity contribution in [3.8, 4) is 0 Å². The van der Waals surface area contributed by atoms with E-state index in [0.29, 0.717) is 18.6 Å². The highest BCUT2D eigenvalue weighted by Crippen LogP contribution is 2.31. The summed E-state index contributed by atoms with van der Waals surface area (Å²) in [5.74, 6) is -0.428. The molecule has 1 heterocycles. The number of alkyl carbamates (subject to hydrolysis) is 2. The van der Waals surface area contributed by atoms with E-state index in [2.05, 4.69) is 20.1 Å². The van der Waals surface area contributed by atoms with Crippen LogP contribution in [0.5, 0.6) is 0 Å². The van der Waals surface area contributed by atoms with Crippen LogP contribution in [0, 0.1) is 0 Å². The van der Waals surface area contributed by atoms with Crippen LogP contribution in [0.15, 0.2) is 0 Å². The maximum absolute atomic E-state index is 11.5. The average molecular weight is 333 g/mol. The van der Waals surface area contributed by atoms with Gasteiger partial charge in [0.15, 0.2) is 0 Å². The molecule has 0 radical (unpaired) electrons. The average Bonchev–Trinajstić information content (AvgIpc) is 2.85. The van der Waals surface area contributed by atoms with E-state index in [9.17, 15) is 19.5 Å². The molecule has 0 spiro atoms. The molecule has 8 nitrogen and oxygen atoms in total. The summed E-state index contributed by atoms with van der Waals surface area (Å²) >= 11 is 1.62. The Morgan fingerprint density at radius 3 is 2.36 bits per heavy atom. The number of ether oxygens (including phenoxy) is 2. The molecule has 9 heteroatoms. The van der Waals surface area contributed by atoms with E-state index >= 15 is 0 Å². The standard InChI is InChI=1S/C13H22N2O6S/c1-20-12(18)14-8-7-22-9(5-3-4-6-10(16)17)11(8)15-13(19)21-2/h8-9,11H,3-7H2,1-2H3,(H,14,18)(H,15,19)(H,16,17)/p-1/t8-,9+,11-/m1/s1. The van der Waals surface area contributed by atoms with Gasteiger partial charge in [-0.05, 0) is 19.3 Å². The lowest BCUT2D eigenvalue weighted by Crippen LogP contribution is -2.53. The Kier molecular flexibility index (Phi) is 7.86. The summed E-state index contributed by atoms with van der Waals surface area (Å²) in [6.07, 6.45) is 0.862. The van der Waals surface area contributed by atoms with Crippen LogP contribution < -0.4 is 15.7 Å². The minimum absolute atomic E-state index is 0.0241. The molecule has 2 amide bonds. The van der Waals surface area contributed by atoms with Gasteiger partial charge in [0.2, 0.25) is 0 Å². The Morgan fingerprint density at radius 2 is 1.77 bits per heavy atom. The van der Waals surface area contributed by atoms with E-state index in [0.717, 1.165) is 6.42 Å².